The molecule has 0 spiro atoms. The summed E-state index contributed by atoms with van der Waals surface area (Å²) in [5, 5.41) is 12.2. The van der Waals surface area contributed by atoms with Gasteiger partial charge in [0.2, 0.25) is 0 Å². The highest BCUT2D eigenvalue weighted by Crippen LogP contribution is 2.33. The van der Waals surface area contributed by atoms with E-state index in [0.717, 1.165) is 22.2 Å². The number of aliphatic imine (C=N–C) groups is 1. The molecule has 1 aromatic heterocycles. The van der Waals surface area contributed by atoms with E-state index in [1.807, 2.05) is 30.0 Å². The monoisotopic (exact) mass is 416 g/mol. The van der Waals surface area contributed by atoms with E-state index < -0.39 is 18.2 Å². The van der Waals surface area contributed by atoms with Gasteiger partial charge in [-0.3, -0.25) is 10.1 Å². The fraction of sp³-hybridized carbons (Fsp3) is 0.389. The molecule has 3 heterocycles. The Bertz CT molecular complexity index is 916. The molecule has 3 amide bonds. The molecule has 8 nitrogen and oxygen atoms in total. The first-order valence-corrected chi connectivity index (χ1v) is 10.6. The minimum Gasteiger partial charge on any atom is -0.335 e. The second-order valence-corrected chi connectivity index (χ2v) is 9.04. The Kier molecular flexibility index (Phi) is 5.31. The number of urea groups is 1. The van der Waals surface area contributed by atoms with Gasteiger partial charge in [0.25, 0.3) is 5.91 Å². The number of nitrogens with one attached hydrogen (secondary N) is 1. The molecule has 0 bridgehead atoms. The second kappa shape index (κ2) is 7.88. The van der Waals surface area contributed by atoms with Crippen LogP contribution < -0.4 is 5.32 Å². The Morgan fingerprint density at radius 1 is 1.21 bits per heavy atom. The lowest BCUT2D eigenvalue weighted by molar-refractivity contribution is -0.127. The molecule has 2 aliphatic heterocycles. The number of aryl methyl sites for hydroxylation is 2. The van der Waals surface area contributed by atoms with Crippen LogP contribution in [-0.2, 0) is 11.2 Å². The number of amidine groups is 1. The van der Waals surface area contributed by atoms with Gasteiger partial charge in [-0.2, -0.15) is 0 Å². The third-order valence-electron chi connectivity index (χ3n) is 4.72. The van der Waals surface area contributed by atoms with Gasteiger partial charge in [0.1, 0.15) is 5.01 Å². The number of benzene rings is 1. The highest BCUT2D eigenvalue weighted by molar-refractivity contribution is 8.15. The molecule has 2 aliphatic rings. The van der Waals surface area contributed by atoms with Gasteiger partial charge in [0, 0.05) is 13.6 Å². The predicted molar refractivity (Wildman–Crippen MR) is 108 cm³/mol. The molecular formula is C18H20N6O2S2. The summed E-state index contributed by atoms with van der Waals surface area (Å²) in [5.74, 6) is -0.305. The van der Waals surface area contributed by atoms with Gasteiger partial charge in [0.05, 0.1) is 0 Å². The van der Waals surface area contributed by atoms with Gasteiger partial charge < -0.3 is 9.80 Å². The van der Waals surface area contributed by atoms with E-state index in [2.05, 4.69) is 27.6 Å². The number of rotatable bonds is 5. The van der Waals surface area contributed by atoms with E-state index in [0.29, 0.717) is 11.7 Å². The van der Waals surface area contributed by atoms with Crippen molar-refractivity contribution >= 4 is 40.2 Å². The van der Waals surface area contributed by atoms with E-state index in [9.17, 15) is 9.59 Å². The number of amides is 3. The number of hydrogen-bond donors (Lipinski definition) is 1. The summed E-state index contributed by atoms with van der Waals surface area (Å²) in [6.45, 7) is 2.56. The van der Waals surface area contributed by atoms with Gasteiger partial charge >= 0.3 is 6.03 Å². The number of carbonyl (C=O) groups is 2. The summed E-state index contributed by atoms with van der Waals surface area (Å²) < 4.78 is 0.775. The number of nitrogens with zero attached hydrogens (tertiary/aromatic N) is 5. The highest BCUT2D eigenvalue weighted by Gasteiger charge is 2.48. The Labute approximate surface area is 171 Å². The first-order valence-electron chi connectivity index (χ1n) is 8.97. The molecule has 4 rings (SSSR count). The van der Waals surface area contributed by atoms with E-state index in [-0.39, 0.29) is 5.91 Å². The predicted octanol–water partition coefficient (Wildman–Crippen LogP) is 2.12. The Hall–Kier alpha value is -2.46. The number of hydrogen-bond acceptors (Lipinski definition) is 8. The first kappa shape index (κ1) is 18.9. The lowest BCUT2D eigenvalue weighted by Gasteiger charge is -2.36. The van der Waals surface area contributed by atoms with Crippen LogP contribution in [-0.4, -0.2) is 62.9 Å². The van der Waals surface area contributed by atoms with Crippen molar-refractivity contribution in [3.8, 4) is 0 Å². The molecule has 1 N–H and O–H groups in total. The van der Waals surface area contributed by atoms with Crippen LogP contribution in [0, 0.1) is 6.92 Å². The average Bonchev–Trinajstić information content (AvgIpc) is 3.25. The van der Waals surface area contributed by atoms with Crippen LogP contribution in [0.3, 0.4) is 0 Å². The molecule has 146 valence electrons. The summed E-state index contributed by atoms with van der Waals surface area (Å²) in [6.07, 6.45) is 1.25. The normalized spacial score (nSPS) is 21.6. The maximum absolute atomic E-state index is 12.6. The number of carbonyl (C=O) groups excluding carboxylic acids is 2. The van der Waals surface area contributed by atoms with Crippen LogP contribution in [0.1, 0.15) is 17.0 Å². The van der Waals surface area contributed by atoms with Crippen molar-refractivity contribution in [3.05, 3.63) is 40.9 Å². The zero-order valence-corrected chi connectivity index (χ0v) is 17.2. The molecule has 2 aromatic rings. The molecular weight excluding hydrogens is 396 g/mol. The summed E-state index contributed by atoms with van der Waals surface area (Å²) in [6, 6.07) is 9.31. The standard InChI is InChI=1S/C18H20N6O2S2/c1-11-21-22-18(27-11)28-17-19-14-13(15(25)20-16(26)23(14)2)24(17)10-6-9-12-7-4-3-5-8-12/h3-5,7-8,13-14H,6,9-10H2,1-2H3,(H,20,25,26). The lowest BCUT2D eigenvalue weighted by atomic mass is 10.1. The molecule has 28 heavy (non-hydrogen) atoms. The Morgan fingerprint density at radius 3 is 2.71 bits per heavy atom. The van der Waals surface area contributed by atoms with Crippen LogP contribution in [0.5, 0.6) is 0 Å². The van der Waals surface area contributed by atoms with Crippen molar-refractivity contribution in [1.29, 1.82) is 0 Å². The quantitative estimate of drug-likeness (QED) is 0.803. The zero-order valence-electron chi connectivity index (χ0n) is 15.5. The molecule has 1 fully saturated rings. The number of likely N-dealkylation sites (N-methyl/N-ethyl adjacent to an activating group) is 1. The number of imide groups is 1. The van der Waals surface area contributed by atoms with Crippen LogP contribution in [0.25, 0.3) is 0 Å². The molecule has 0 aliphatic carbocycles. The van der Waals surface area contributed by atoms with Crippen molar-refractivity contribution in [2.45, 2.75) is 36.3 Å². The fourth-order valence-corrected chi connectivity index (χ4v) is 5.21. The first-order chi connectivity index (χ1) is 13.5. The largest absolute Gasteiger partial charge is 0.335 e. The van der Waals surface area contributed by atoms with Crippen LogP contribution in [0.2, 0.25) is 0 Å². The molecule has 1 saturated heterocycles. The van der Waals surface area contributed by atoms with Gasteiger partial charge in [-0.25, -0.2) is 9.79 Å². The maximum atomic E-state index is 12.6. The van der Waals surface area contributed by atoms with Crippen molar-refractivity contribution < 1.29 is 9.59 Å². The molecule has 1 aromatic carbocycles. The zero-order chi connectivity index (χ0) is 19.7. The molecule has 2 unspecified atom stereocenters. The minimum absolute atomic E-state index is 0.305. The summed E-state index contributed by atoms with van der Waals surface area (Å²) in [5.41, 5.74) is 1.25. The summed E-state index contributed by atoms with van der Waals surface area (Å²) in [7, 11) is 1.66. The van der Waals surface area contributed by atoms with E-state index in [1.54, 1.807) is 7.05 Å². The minimum atomic E-state index is -0.519. The number of fused-ring (bicyclic) bond motifs is 1. The maximum Gasteiger partial charge on any atom is 0.325 e. The third-order valence-corrected chi connectivity index (χ3v) is 6.63. The molecule has 2 atom stereocenters. The number of aromatic nitrogens is 2. The van der Waals surface area contributed by atoms with Crippen molar-refractivity contribution in [2.24, 2.45) is 4.99 Å². The smallest absolute Gasteiger partial charge is 0.325 e. The van der Waals surface area contributed by atoms with Gasteiger partial charge in [-0.15, -0.1) is 10.2 Å². The van der Waals surface area contributed by atoms with Crippen molar-refractivity contribution in [3.63, 3.8) is 0 Å². The van der Waals surface area contributed by atoms with Crippen molar-refractivity contribution in [1.82, 2.24) is 25.3 Å². The second-order valence-electron chi connectivity index (χ2n) is 6.65. The highest BCUT2D eigenvalue weighted by atomic mass is 32.2. The average molecular weight is 417 g/mol. The Morgan fingerprint density at radius 2 is 2.00 bits per heavy atom. The third kappa shape index (κ3) is 3.74. The van der Waals surface area contributed by atoms with E-state index >= 15 is 0 Å². The van der Waals surface area contributed by atoms with Crippen LogP contribution >= 0.6 is 23.1 Å². The van der Waals surface area contributed by atoms with E-state index in [1.165, 1.54) is 33.6 Å². The van der Waals surface area contributed by atoms with Crippen molar-refractivity contribution in [2.75, 3.05) is 13.6 Å². The molecule has 10 heteroatoms. The Balaban J connectivity index is 1.53. The fourth-order valence-electron chi connectivity index (χ4n) is 3.32. The topological polar surface area (TPSA) is 90.8 Å². The van der Waals surface area contributed by atoms with Gasteiger partial charge in [-0.05, 0) is 37.1 Å². The number of thioether (sulfide) groups is 1. The van der Waals surface area contributed by atoms with E-state index in [4.69, 9.17) is 4.99 Å². The molecule has 0 radical (unpaired) electrons. The summed E-state index contributed by atoms with van der Waals surface area (Å²) >= 11 is 2.89. The SMILES string of the molecule is Cc1nnc(SC2=NC3C(C(=O)NC(=O)N3C)N2CCCc2ccccc2)s1. The lowest BCUT2D eigenvalue weighted by Crippen LogP contribution is -2.63. The van der Waals surface area contributed by atoms with Crippen LogP contribution in [0.15, 0.2) is 39.7 Å². The summed E-state index contributed by atoms with van der Waals surface area (Å²) in [4.78, 5) is 32.7. The van der Waals surface area contributed by atoms with Gasteiger partial charge in [0.15, 0.2) is 21.7 Å². The van der Waals surface area contributed by atoms with Gasteiger partial charge in [-0.1, -0.05) is 41.7 Å². The van der Waals surface area contributed by atoms with Crippen LogP contribution in [0.4, 0.5) is 4.79 Å². The molecule has 0 saturated carbocycles.